The van der Waals surface area contributed by atoms with Crippen LogP contribution in [0.2, 0.25) is 0 Å². The zero-order valence-corrected chi connectivity index (χ0v) is 8.47. The molecule has 0 N–H and O–H groups in total. The van der Waals surface area contributed by atoms with Crippen molar-refractivity contribution in [2.75, 3.05) is 6.54 Å². The summed E-state index contributed by atoms with van der Waals surface area (Å²) in [5.41, 5.74) is 1.33. The van der Waals surface area contributed by atoms with Crippen LogP contribution in [0.1, 0.15) is 52.4 Å². The van der Waals surface area contributed by atoms with Crippen LogP contribution < -0.4 is 0 Å². The van der Waals surface area contributed by atoms with Gasteiger partial charge in [-0.05, 0) is 25.7 Å². The molecule has 1 fully saturated rings. The van der Waals surface area contributed by atoms with Gasteiger partial charge in [0, 0.05) is 12.3 Å². The first-order valence-electron chi connectivity index (χ1n) is 5.29. The van der Waals surface area contributed by atoms with E-state index in [1.54, 1.807) is 0 Å². The topological polar surface area (TPSA) is 12.4 Å². The van der Waals surface area contributed by atoms with E-state index in [9.17, 15) is 0 Å². The molecule has 0 bridgehead atoms. The Bertz CT molecular complexity index is 143. The summed E-state index contributed by atoms with van der Waals surface area (Å²) >= 11 is 0. The Morgan fingerprint density at radius 2 is 1.83 bits per heavy atom. The molecule has 0 spiro atoms. The third kappa shape index (κ3) is 3.89. The second-order valence-electron chi connectivity index (χ2n) is 4.11. The van der Waals surface area contributed by atoms with Crippen LogP contribution in [-0.4, -0.2) is 12.3 Å². The molecule has 1 heterocycles. The molecule has 1 aliphatic heterocycles. The maximum Gasteiger partial charge on any atom is 0.0392 e. The molecule has 0 aromatic rings. The molecule has 1 heteroatoms. The van der Waals surface area contributed by atoms with Gasteiger partial charge in [0.05, 0.1) is 0 Å². The predicted molar refractivity (Wildman–Crippen MR) is 54.8 cm³/mol. The normalized spacial score (nSPS) is 23.3. The Labute approximate surface area is 76.3 Å². The van der Waals surface area contributed by atoms with Crippen LogP contribution in [0.5, 0.6) is 0 Å². The van der Waals surface area contributed by atoms with Crippen LogP contribution in [0.4, 0.5) is 0 Å². The van der Waals surface area contributed by atoms with Gasteiger partial charge in [0.15, 0.2) is 0 Å². The van der Waals surface area contributed by atoms with Gasteiger partial charge in [0.2, 0.25) is 0 Å². The molecule has 0 radical (unpaired) electrons. The highest BCUT2D eigenvalue weighted by atomic mass is 14.7. The number of rotatable bonds is 0. The van der Waals surface area contributed by atoms with Crippen molar-refractivity contribution in [3.63, 3.8) is 0 Å². The zero-order valence-electron chi connectivity index (χ0n) is 8.47. The molecular weight excluding hydrogens is 146 g/mol. The van der Waals surface area contributed by atoms with Gasteiger partial charge in [-0.2, -0.15) is 0 Å². The highest BCUT2D eigenvalue weighted by Gasteiger charge is 2.07. The number of hydrogen-bond donors (Lipinski definition) is 0. The maximum absolute atomic E-state index is 4.15. The van der Waals surface area contributed by atoms with Gasteiger partial charge in [0.25, 0.3) is 0 Å². The van der Waals surface area contributed by atoms with Crippen LogP contribution in [0, 0.1) is 5.92 Å². The van der Waals surface area contributed by atoms with Crippen LogP contribution >= 0.6 is 0 Å². The smallest absolute Gasteiger partial charge is 0.0392 e. The molecule has 0 unspecified atom stereocenters. The minimum atomic E-state index is 1.05. The molecule has 1 aliphatic carbocycles. The molecule has 2 aliphatic rings. The van der Waals surface area contributed by atoms with Crippen molar-refractivity contribution < 1.29 is 0 Å². The monoisotopic (exact) mass is 167 g/mol. The summed E-state index contributed by atoms with van der Waals surface area (Å²) in [5.74, 6) is 1.05. The minimum absolute atomic E-state index is 1.05. The standard InChI is InChI=1S/C6H12.C5H9N/c1-6-4-2-3-5-6;1-5-3-2-4-6-5/h6H,2-5H2,1H3;2-4H2,1H3. The van der Waals surface area contributed by atoms with Gasteiger partial charge in [0.1, 0.15) is 0 Å². The van der Waals surface area contributed by atoms with Crippen molar-refractivity contribution in [1.29, 1.82) is 0 Å². The van der Waals surface area contributed by atoms with Crippen molar-refractivity contribution >= 4 is 5.71 Å². The average Bonchev–Trinajstić information content (AvgIpc) is 2.63. The third-order valence-corrected chi connectivity index (χ3v) is 2.72. The summed E-state index contributed by atoms with van der Waals surface area (Å²) in [6.07, 6.45) is 8.47. The molecule has 0 amide bonds. The van der Waals surface area contributed by atoms with Crippen molar-refractivity contribution in [2.24, 2.45) is 10.9 Å². The van der Waals surface area contributed by atoms with E-state index in [0.717, 1.165) is 12.5 Å². The summed E-state index contributed by atoms with van der Waals surface area (Å²) in [5, 5.41) is 0. The van der Waals surface area contributed by atoms with Crippen molar-refractivity contribution in [1.82, 2.24) is 0 Å². The second kappa shape index (κ2) is 5.34. The fourth-order valence-corrected chi connectivity index (χ4v) is 1.81. The Morgan fingerprint density at radius 3 is 2.00 bits per heavy atom. The number of nitrogens with zero attached hydrogens (tertiary/aromatic N) is 1. The van der Waals surface area contributed by atoms with E-state index in [1.807, 2.05) is 0 Å². The van der Waals surface area contributed by atoms with E-state index >= 15 is 0 Å². The Hall–Kier alpha value is -0.330. The SMILES string of the molecule is CC1=NCCC1.CC1CCCC1. The molecular formula is C11H21N. The average molecular weight is 167 g/mol. The first-order valence-corrected chi connectivity index (χ1v) is 5.29. The predicted octanol–water partition coefficient (Wildman–Crippen LogP) is 3.44. The van der Waals surface area contributed by atoms with E-state index < -0.39 is 0 Å². The summed E-state index contributed by atoms with van der Waals surface area (Å²) in [4.78, 5) is 4.15. The van der Waals surface area contributed by atoms with Gasteiger partial charge < -0.3 is 0 Å². The lowest BCUT2D eigenvalue weighted by Gasteiger charge is -1.91. The fourth-order valence-electron chi connectivity index (χ4n) is 1.81. The van der Waals surface area contributed by atoms with Crippen LogP contribution in [0.3, 0.4) is 0 Å². The highest BCUT2D eigenvalue weighted by molar-refractivity contribution is 5.83. The summed E-state index contributed by atoms with van der Waals surface area (Å²) in [7, 11) is 0. The number of hydrogen-bond acceptors (Lipinski definition) is 1. The van der Waals surface area contributed by atoms with E-state index in [1.165, 1.54) is 44.2 Å². The van der Waals surface area contributed by atoms with Crippen LogP contribution in [0.25, 0.3) is 0 Å². The molecule has 70 valence electrons. The van der Waals surface area contributed by atoms with Crippen LogP contribution in [-0.2, 0) is 0 Å². The molecule has 12 heavy (non-hydrogen) atoms. The fraction of sp³-hybridized carbons (Fsp3) is 0.909. The Kier molecular flexibility index (Phi) is 4.34. The van der Waals surface area contributed by atoms with Crippen molar-refractivity contribution in [2.45, 2.75) is 52.4 Å². The Morgan fingerprint density at radius 1 is 1.17 bits per heavy atom. The largest absolute Gasteiger partial charge is 0.294 e. The molecule has 0 atom stereocenters. The third-order valence-electron chi connectivity index (χ3n) is 2.72. The van der Waals surface area contributed by atoms with E-state index in [-0.39, 0.29) is 0 Å². The van der Waals surface area contributed by atoms with Gasteiger partial charge in [-0.25, -0.2) is 0 Å². The molecule has 1 nitrogen and oxygen atoms in total. The quantitative estimate of drug-likeness (QED) is 0.524. The Balaban J connectivity index is 0.000000120. The first-order chi connectivity index (χ1) is 5.79. The molecule has 0 saturated heterocycles. The second-order valence-corrected chi connectivity index (χ2v) is 4.11. The maximum atomic E-state index is 4.15. The molecule has 0 aromatic heterocycles. The lowest BCUT2D eigenvalue weighted by Crippen LogP contribution is -1.78. The molecule has 2 rings (SSSR count). The van der Waals surface area contributed by atoms with Gasteiger partial charge in [-0.3, -0.25) is 4.99 Å². The summed E-state index contributed by atoms with van der Waals surface area (Å²) < 4.78 is 0. The summed E-state index contributed by atoms with van der Waals surface area (Å²) in [6.45, 7) is 5.51. The van der Waals surface area contributed by atoms with E-state index in [2.05, 4.69) is 18.8 Å². The van der Waals surface area contributed by atoms with E-state index in [0.29, 0.717) is 0 Å². The molecule has 0 aromatic carbocycles. The van der Waals surface area contributed by atoms with Crippen molar-refractivity contribution in [3.05, 3.63) is 0 Å². The summed E-state index contributed by atoms with van der Waals surface area (Å²) in [6, 6.07) is 0. The van der Waals surface area contributed by atoms with Gasteiger partial charge in [-0.1, -0.05) is 32.6 Å². The van der Waals surface area contributed by atoms with E-state index in [4.69, 9.17) is 0 Å². The zero-order chi connectivity index (χ0) is 8.81. The minimum Gasteiger partial charge on any atom is -0.294 e. The number of aliphatic imine (C=N–C) groups is 1. The highest BCUT2D eigenvalue weighted by Crippen LogP contribution is 2.22. The van der Waals surface area contributed by atoms with Crippen molar-refractivity contribution in [3.8, 4) is 0 Å². The molecule has 1 saturated carbocycles. The van der Waals surface area contributed by atoms with Gasteiger partial charge in [-0.15, -0.1) is 0 Å². The van der Waals surface area contributed by atoms with Gasteiger partial charge >= 0.3 is 0 Å². The van der Waals surface area contributed by atoms with Crippen LogP contribution in [0.15, 0.2) is 4.99 Å². The first kappa shape index (κ1) is 9.76. The lowest BCUT2D eigenvalue weighted by molar-refractivity contribution is 0.612. The lowest BCUT2D eigenvalue weighted by atomic mass is 10.2.